The average molecular weight is 354 g/mol. The van der Waals surface area contributed by atoms with Crippen LogP contribution in [0.2, 0.25) is 0 Å². The van der Waals surface area contributed by atoms with Crippen LogP contribution in [0.15, 0.2) is 18.2 Å². The Morgan fingerprint density at radius 1 is 1.08 bits per heavy atom. The molecule has 1 aromatic carbocycles. The fourth-order valence-electron chi connectivity index (χ4n) is 2.49. The molecule has 1 heterocycles. The van der Waals surface area contributed by atoms with Crippen molar-refractivity contribution in [1.29, 1.82) is 0 Å². The van der Waals surface area contributed by atoms with Crippen molar-refractivity contribution >= 4 is 17.5 Å². The number of benzene rings is 1. The van der Waals surface area contributed by atoms with E-state index in [1.54, 1.807) is 6.92 Å². The predicted molar refractivity (Wildman–Crippen MR) is 91.1 cm³/mol. The molecule has 0 radical (unpaired) electrons. The number of nitrogens with zero attached hydrogens (tertiary/aromatic N) is 2. The van der Waals surface area contributed by atoms with Crippen LogP contribution in [0.5, 0.6) is 0 Å². The van der Waals surface area contributed by atoms with Crippen molar-refractivity contribution in [2.75, 3.05) is 17.2 Å². The van der Waals surface area contributed by atoms with Crippen LogP contribution in [-0.4, -0.2) is 27.7 Å². The molecule has 5 nitrogen and oxygen atoms in total. The molecule has 0 aliphatic heterocycles. The van der Waals surface area contributed by atoms with Gasteiger partial charge in [-0.25, -0.2) is 4.98 Å². The number of aryl methyl sites for hydroxylation is 3. The quantitative estimate of drug-likeness (QED) is 0.758. The normalized spacial score (nSPS) is 12.8. The zero-order chi connectivity index (χ0) is 18.8. The molecule has 1 atom stereocenters. The summed E-state index contributed by atoms with van der Waals surface area (Å²) < 4.78 is 39.4. The van der Waals surface area contributed by atoms with Crippen molar-refractivity contribution in [3.05, 3.63) is 40.6 Å². The minimum absolute atomic E-state index is 0.0324. The first-order valence-electron chi connectivity index (χ1n) is 7.78. The summed E-state index contributed by atoms with van der Waals surface area (Å²) in [5.41, 5.74) is 2.53. The van der Waals surface area contributed by atoms with Crippen molar-refractivity contribution < 1.29 is 18.3 Å². The van der Waals surface area contributed by atoms with E-state index in [9.17, 15) is 13.2 Å². The summed E-state index contributed by atoms with van der Waals surface area (Å²) >= 11 is 0. The molecule has 2 aromatic rings. The van der Waals surface area contributed by atoms with Crippen LogP contribution < -0.4 is 10.6 Å². The highest BCUT2D eigenvalue weighted by atomic mass is 19.4. The number of aliphatic hydroxyl groups excluding tert-OH is 1. The van der Waals surface area contributed by atoms with Gasteiger partial charge in [0, 0.05) is 17.8 Å². The minimum atomic E-state index is -4.60. The van der Waals surface area contributed by atoms with Crippen LogP contribution in [0.25, 0.3) is 0 Å². The maximum atomic E-state index is 13.1. The summed E-state index contributed by atoms with van der Waals surface area (Å²) in [5, 5.41) is 14.7. The number of hydrogen-bond donors (Lipinski definition) is 3. The lowest BCUT2D eigenvalue weighted by Gasteiger charge is -2.17. The molecular formula is C17H21F3N4O. The molecule has 0 saturated carbocycles. The van der Waals surface area contributed by atoms with Gasteiger partial charge in [0.15, 0.2) is 5.69 Å². The van der Waals surface area contributed by atoms with E-state index in [2.05, 4.69) is 20.6 Å². The Labute approximate surface area is 144 Å². The zero-order valence-electron chi connectivity index (χ0n) is 14.5. The monoisotopic (exact) mass is 354 g/mol. The molecule has 0 aliphatic rings. The van der Waals surface area contributed by atoms with Crippen LogP contribution in [0.4, 0.5) is 30.6 Å². The third-order valence-electron chi connectivity index (χ3n) is 3.60. The molecule has 3 N–H and O–H groups in total. The Morgan fingerprint density at radius 2 is 1.68 bits per heavy atom. The lowest BCUT2D eigenvalue weighted by molar-refractivity contribution is -0.141. The topological polar surface area (TPSA) is 70.1 Å². The van der Waals surface area contributed by atoms with Gasteiger partial charge in [0.1, 0.15) is 5.82 Å². The highest BCUT2D eigenvalue weighted by Gasteiger charge is 2.34. The zero-order valence-corrected chi connectivity index (χ0v) is 14.5. The Bertz CT molecular complexity index is 739. The molecular weight excluding hydrogens is 333 g/mol. The van der Waals surface area contributed by atoms with E-state index in [0.717, 1.165) is 22.8 Å². The number of nitrogens with one attached hydrogen (secondary N) is 2. The van der Waals surface area contributed by atoms with Gasteiger partial charge < -0.3 is 15.7 Å². The van der Waals surface area contributed by atoms with E-state index in [1.165, 1.54) is 0 Å². The summed E-state index contributed by atoms with van der Waals surface area (Å²) in [6.07, 6.45) is -4.60. The molecule has 0 unspecified atom stereocenters. The number of hydrogen-bond acceptors (Lipinski definition) is 5. The largest absolute Gasteiger partial charge is 0.433 e. The van der Waals surface area contributed by atoms with Gasteiger partial charge in [-0.2, -0.15) is 18.2 Å². The van der Waals surface area contributed by atoms with Crippen molar-refractivity contribution in [2.45, 2.75) is 39.9 Å². The summed E-state index contributed by atoms with van der Waals surface area (Å²) in [6, 6.07) is 4.27. The fraction of sp³-hybridized carbons (Fsp3) is 0.412. The predicted octanol–water partition coefficient (Wildman–Crippen LogP) is 3.96. The molecule has 0 saturated heterocycles. The Morgan fingerprint density at radius 3 is 2.20 bits per heavy atom. The van der Waals surface area contributed by atoms with Crippen molar-refractivity contribution in [1.82, 2.24) is 9.97 Å². The maximum absolute atomic E-state index is 13.1. The van der Waals surface area contributed by atoms with Crippen LogP contribution >= 0.6 is 0 Å². The SMILES string of the molecule is Cc1cc(C)c(Nc2cc(C(F)(F)F)nc(N[C@@H](C)CO)n2)c(C)c1. The number of aromatic nitrogens is 2. The van der Waals surface area contributed by atoms with Gasteiger partial charge in [-0.15, -0.1) is 0 Å². The number of anilines is 3. The molecule has 25 heavy (non-hydrogen) atoms. The molecule has 8 heteroatoms. The molecule has 0 bridgehead atoms. The fourth-order valence-corrected chi connectivity index (χ4v) is 2.49. The van der Waals surface area contributed by atoms with E-state index >= 15 is 0 Å². The summed E-state index contributed by atoms with van der Waals surface area (Å²) in [6.45, 7) is 7.07. The molecule has 0 amide bonds. The third kappa shape index (κ3) is 4.82. The van der Waals surface area contributed by atoms with Crippen molar-refractivity contribution in [2.24, 2.45) is 0 Å². The molecule has 0 aliphatic carbocycles. The average Bonchev–Trinajstić information content (AvgIpc) is 2.49. The van der Waals surface area contributed by atoms with E-state index < -0.39 is 17.9 Å². The third-order valence-corrected chi connectivity index (χ3v) is 3.60. The Balaban J connectivity index is 2.44. The summed E-state index contributed by atoms with van der Waals surface area (Å²) in [5.74, 6) is -0.161. The highest BCUT2D eigenvalue weighted by Crippen LogP contribution is 2.32. The first-order chi connectivity index (χ1) is 11.6. The van der Waals surface area contributed by atoms with E-state index in [4.69, 9.17) is 5.11 Å². The van der Waals surface area contributed by atoms with Gasteiger partial charge in [0.05, 0.1) is 6.61 Å². The second kappa shape index (κ2) is 7.26. The van der Waals surface area contributed by atoms with Gasteiger partial charge in [0.2, 0.25) is 5.95 Å². The van der Waals surface area contributed by atoms with E-state index in [1.807, 2.05) is 32.9 Å². The highest BCUT2D eigenvalue weighted by molar-refractivity contribution is 5.66. The first-order valence-corrected chi connectivity index (χ1v) is 7.78. The second-order valence-electron chi connectivity index (χ2n) is 6.09. The number of halogens is 3. The smallest absolute Gasteiger partial charge is 0.394 e. The number of rotatable bonds is 5. The van der Waals surface area contributed by atoms with Crippen LogP contribution in [0, 0.1) is 20.8 Å². The Kier molecular flexibility index (Phi) is 5.52. The van der Waals surface area contributed by atoms with E-state index in [-0.39, 0.29) is 18.4 Å². The van der Waals surface area contributed by atoms with Gasteiger partial charge >= 0.3 is 6.18 Å². The molecule has 1 aromatic heterocycles. The lowest BCUT2D eigenvalue weighted by atomic mass is 10.1. The minimum Gasteiger partial charge on any atom is -0.394 e. The van der Waals surface area contributed by atoms with Crippen molar-refractivity contribution in [3.63, 3.8) is 0 Å². The second-order valence-corrected chi connectivity index (χ2v) is 6.09. The van der Waals surface area contributed by atoms with Crippen molar-refractivity contribution in [3.8, 4) is 0 Å². The Hall–Kier alpha value is -2.35. The summed E-state index contributed by atoms with van der Waals surface area (Å²) in [7, 11) is 0. The lowest BCUT2D eigenvalue weighted by Crippen LogP contribution is -2.22. The number of alkyl halides is 3. The van der Waals surface area contributed by atoms with Gasteiger partial charge in [-0.3, -0.25) is 0 Å². The van der Waals surface area contributed by atoms with Crippen LogP contribution in [-0.2, 0) is 6.18 Å². The molecule has 2 rings (SSSR count). The number of aliphatic hydroxyl groups is 1. The van der Waals surface area contributed by atoms with Crippen LogP contribution in [0.3, 0.4) is 0 Å². The molecule has 136 valence electrons. The van der Waals surface area contributed by atoms with E-state index in [0.29, 0.717) is 5.69 Å². The standard InChI is InChI=1S/C17H21F3N4O/c1-9-5-10(2)15(11(3)6-9)23-14-7-13(17(18,19)20)22-16(24-14)21-12(4)8-25/h5-7,12,25H,8H2,1-4H3,(H2,21,22,23,24)/t12-/m0/s1. The maximum Gasteiger partial charge on any atom is 0.433 e. The molecule has 0 spiro atoms. The van der Waals surface area contributed by atoms with Gasteiger partial charge in [-0.05, 0) is 38.8 Å². The first kappa shape index (κ1) is 19.0. The summed E-state index contributed by atoms with van der Waals surface area (Å²) in [4.78, 5) is 7.59. The van der Waals surface area contributed by atoms with Gasteiger partial charge in [-0.1, -0.05) is 17.7 Å². The van der Waals surface area contributed by atoms with Gasteiger partial charge in [0.25, 0.3) is 0 Å². The molecule has 0 fully saturated rings. The van der Waals surface area contributed by atoms with Crippen LogP contribution in [0.1, 0.15) is 29.3 Å².